The predicted molar refractivity (Wildman–Crippen MR) is 92.1 cm³/mol. The highest BCUT2D eigenvalue weighted by Gasteiger charge is 2.45. The van der Waals surface area contributed by atoms with Crippen LogP contribution in [0.15, 0.2) is 0 Å². The zero-order valence-electron chi connectivity index (χ0n) is 13.1. The van der Waals surface area contributed by atoms with E-state index in [0.717, 1.165) is 0 Å². The third-order valence-electron chi connectivity index (χ3n) is 3.33. The molecule has 0 saturated carbocycles. The molecule has 5 atom stereocenters. The van der Waals surface area contributed by atoms with Gasteiger partial charge in [-0.1, -0.05) is 13.8 Å². The van der Waals surface area contributed by atoms with Crippen LogP contribution in [0.2, 0.25) is 0 Å². The highest BCUT2D eigenvalue weighted by Crippen LogP contribution is 2.52. The Morgan fingerprint density at radius 3 is 2.35 bits per heavy atom. The van der Waals surface area contributed by atoms with Gasteiger partial charge in [0.2, 0.25) is 0 Å². The number of thioether (sulfide) groups is 1. The lowest BCUT2D eigenvalue weighted by atomic mass is 9.94. The molecule has 0 amide bonds. The first-order valence-corrected chi connectivity index (χ1v) is 10.7. The van der Waals surface area contributed by atoms with Crippen LogP contribution in [0.5, 0.6) is 0 Å². The number of hydrogen-bond acceptors (Lipinski definition) is 5. The van der Waals surface area contributed by atoms with E-state index in [2.05, 4.69) is 7.85 Å². The molecule has 1 heterocycles. The molecule has 8 heteroatoms. The van der Waals surface area contributed by atoms with Crippen molar-refractivity contribution >= 4 is 37.9 Å². The van der Waals surface area contributed by atoms with Gasteiger partial charge in [0.1, 0.15) is 14.0 Å². The van der Waals surface area contributed by atoms with Crippen molar-refractivity contribution in [2.24, 2.45) is 0 Å². The second-order valence-electron chi connectivity index (χ2n) is 5.69. The van der Waals surface area contributed by atoms with Crippen LogP contribution in [-0.4, -0.2) is 60.8 Å². The van der Waals surface area contributed by atoms with Crippen LogP contribution in [0.1, 0.15) is 27.7 Å². The first-order valence-electron chi connectivity index (χ1n) is 6.99. The van der Waals surface area contributed by atoms with E-state index in [0.29, 0.717) is 11.8 Å². The van der Waals surface area contributed by atoms with Gasteiger partial charge in [0.15, 0.2) is 6.49 Å². The van der Waals surface area contributed by atoms with E-state index in [1.54, 1.807) is 18.9 Å². The largest absolute Gasteiger partial charge is 0.378 e. The van der Waals surface area contributed by atoms with Crippen molar-refractivity contribution in [3.05, 3.63) is 0 Å². The maximum absolute atomic E-state index is 10.3. The summed E-state index contributed by atoms with van der Waals surface area (Å²) in [6.07, 6.45) is -0.0959. The van der Waals surface area contributed by atoms with Crippen molar-refractivity contribution in [2.75, 3.05) is 13.7 Å². The molecule has 1 N–H and O–H groups in total. The summed E-state index contributed by atoms with van der Waals surface area (Å²) in [6, 6.07) is 0. The summed E-state index contributed by atoms with van der Waals surface area (Å²) >= 11 is 7.06. The van der Waals surface area contributed by atoms with E-state index in [-0.39, 0.29) is 29.2 Å². The molecule has 118 valence electrons. The number of rotatable bonds is 7. The first kappa shape index (κ1) is 19.0. The topological polar surface area (TPSA) is 47.9 Å². The molecule has 0 aromatic carbocycles. The van der Waals surface area contributed by atoms with Crippen molar-refractivity contribution in [1.82, 2.24) is 0 Å². The van der Waals surface area contributed by atoms with Gasteiger partial charge in [0.05, 0.1) is 24.1 Å². The normalized spacial score (nSPS) is 33.8. The fraction of sp³-hybridized carbons (Fsp3) is 1.00. The second-order valence-corrected chi connectivity index (χ2v) is 11.3. The molecule has 1 aliphatic rings. The average Bonchev–Trinajstić information content (AvgIpc) is 2.61. The van der Waals surface area contributed by atoms with Gasteiger partial charge in [-0.25, -0.2) is 0 Å². The van der Waals surface area contributed by atoms with Gasteiger partial charge in [-0.05, 0) is 25.7 Å². The SMILES string of the molecule is B[C@@H]1S[C@H](COC(C)C)[C@@H](OP(O)(=S)C(C)C)[C@H]1OC. The van der Waals surface area contributed by atoms with Gasteiger partial charge >= 0.3 is 0 Å². The summed E-state index contributed by atoms with van der Waals surface area (Å²) in [5, 5.41) is 0.443. The Morgan fingerprint density at radius 1 is 1.30 bits per heavy atom. The standard InChI is InChI=1S/C12H26BO4PS2/c1-7(2)16-6-9-10(11(15-5)12(13)20-9)17-18(14,19)8(3)4/h7-12H,6,13H2,1-5H3,(H,14,19)/t9-,10-,11-,12-,18?/m1/s1. The Hall–Kier alpha value is 0.905. The van der Waals surface area contributed by atoms with Crippen LogP contribution in [0.3, 0.4) is 0 Å². The third kappa shape index (κ3) is 4.97. The Bertz CT molecular complexity index is 356. The van der Waals surface area contributed by atoms with Crippen LogP contribution < -0.4 is 0 Å². The van der Waals surface area contributed by atoms with Crippen molar-refractivity contribution in [1.29, 1.82) is 0 Å². The number of ether oxygens (including phenoxy) is 2. The minimum Gasteiger partial charge on any atom is -0.378 e. The predicted octanol–water partition coefficient (Wildman–Crippen LogP) is 1.60. The van der Waals surface area contributed by atoms with Gasteiger partial charge in [0, 0.05) is 17.9 Å². The minimum atomic E-state index is -2.79. The molecule has 1 saturated heterocycles. The molecule has 20 heavy (non-hydrogen) atoms. The molecule has 0 radical (unpaired) electrons. The van der Waals surface area contributed by atoms with Crippen molar-refractivity contribution < 1.29 is 18.9 Å². The molecule has 1 rings (SSSR count). The molecule has 0 aromatic rings. The zero-order valence-corrected chi connectivity index (χ0v) is 15.6. The van der Waals surface area contributed by atoms with Crippen LogP contribution in [-0.2, 0) is 25.8 Å². The maximum Gasteiger partial charge on any atom is 0.189 e. The summed E-state index contributed by atoms with van der Waals surface area (Å²) in [5.41, 5.74) is -0.0532. The summed E-state index contributed by atoms with van der Waals surface area (Å²) in [6.45, 7) is 5.61. The van der Waals surface area contributed by atoms with E-state index in [1.807, 2.05) is 27.7 Å². The van der Waals surface area contributed by atoms with E-state index in [4.69, 9.17) is 25.8 Å². The first-order chi connectivity index (χ1) is 9.19. The Balaban J connectivity index is 2.80. The van der Waals surface area contributed by atoms with Gasteiger partial charge in [-0.2, -0.15) is 11.8 Å². The third-order valence-corrected chi connectivity index (χ3v) is 8.16. The quantitative estimate of drug-likeness (QED) is 0.561. The van der Waals surface area contributed by atoms with E-state index < -0.39 is 6.49 Å². The highest BCUT2D eigenvalue weighted by molar-refractivity contribution is 8.09. The fourth-order valence-corrected chi connectivity index (χ4v) is 4.81. The second kappa shape index (κ2) is 7.95. The minimum absolute atomic E-state index is 0.0532. The van der Waals surface area contributed by atoms with Gasteiger partial charge in [0.25, 0.3) is 0 Å². The highest BCUT2D eigenvalue weighted by atomic mass is 32.5. The molecule has 0 bridgehead atoms. The van der Waals surface area contributed by atoms with Crippen LogP contribution in [0, 0.1) is 0 Å². The monoisotopic (exact) mass is 340 g/mol. The Morgan fingerprint density at radius 2 is 1.90 bits per heavy atom. The summed E-state index contributed by atoms with van der Waals surface area (Å²) < 4.78 is 17.2. The van der Waals surface area contributed by atoms with Crippen LogP contribution >= 0.6 is 18.3 Å². The lowest BCUT2D eigenvalue weighted by Gasteiger charge is -2.30. The number of hydrogen-bond donors (Lipinski definition) is 1. The lowest BCUT2D eigenvalue weighted by molar-refractivity contribution is -0.00227. The van der Waals surface area contributed by atoms with Gasteiger partial charge < -0.3 is 18.9 Å². The molecule has 4 nitrogen and oxygen atoms in total. The summed E-state index contributed by atoms with van der Waals surface area (Å²) in [5.74, 6) is 0. The van der Waals surface area contributed by atoms with E-state index in [1.165, 1.54) is 0 Å². The molecule has 0 aliphatic carbocycles. The summed E-state index contributed by atoms with van der Waals surface area (Å²) in [4.78, 5) is 10.3. The van der Waals surface area contributed by atoms with Crippen LogP contribution in [0.4, 0.5) is 0 Å². The van der Waals surface area contributed by atoms with E-state index >= 15 is 0 Å². The summed E-state index contributed by atoms with van der Waals surface area (Å²) in [7, 11) is 3.79. The Labute approximate surface area is 132 Å². The molecule has 1 fully saturated rings. The van der Waals surface area contributed by atoms with Gasteiger partial charge in [-0.15, -0.1) is 0 Å². The smallest absolute Gasteiger partial charge is 0.189 e. The molecule has 0 spiro atoms. The lowest BCUT2D eigenvalue weighted by Crippen LogP contribution is -2.38. The molecular formula is C12H26BO4PS2. The average molecular weight is 340 g/mol. The van der Waals surface area contributed by atoms with Gasteiger partial charge in [-0.3, -0.25) is 0 Å². The molecule has 1 aliphatic heterocycles. The number of methoxy groups -OCH3 is 1. The zero-order chi connectivity index (χ0) is 15.5. The molecule has 1 unspecified atom stereocenters. The van der Waals surface area contributed by atoms with Crippen LogP contribution in [0.25, 0.3) is 0 Å². The molecular weight excluding hydrogens is 314 g/mol. The van der Waals surface area contributed by atoms with Crippen molar-refractivity contribution in [3.63, 3.8) is 0 Å². The van der Waals surface area contributed by atoms with Crippen molar-refractivity contribution in [3.8, 4) is 0 Å². The molecule has 0 aromatic heterocycles. The van der Waals surface area contributed by atoms with E-state index in [9.17, 15) is 4.89 Å². The van der Waals surface area contributed by atoms with Crippen molar-refractivity contribution in [2.45, 2.75) is 62.1 Å². The fourth-order valence-electron chi connectivity index (χ4n) is 2.08. The maximum atomic E-state index is 10.3. The Kier molecular flexibility index (Phi) is 7.54.